The molecule has 7 nitrogen and oxygen atoms in total. The first-order valence-corrected chi connectivity index (χ1v) is 7.85. The highest BCUT2D eigenvalue weighted by atomic mass is 32.2. The summed E-state index contributed by atoms with van der Waals surface area (Å²) < 4.78 is 31.4. The normalized spacial score (nSPS) is 11.7. The quantitative estimate of drug-likeness (QED) is 0.865. The van der Waals surface area contributed by atoms with Crippen molar-refractivity contribution in [3.05, 3.63) is 33.3 Å². The van der Waals surface area contributed by atoms with Crippen molar-refractivity contribution in [1.82, 2.24) is 9.88 Å². The summed E-state index contributed by atoms with van der Waals surface area (Å²) in [4.78, 5) is 11.2. The number of nitrogens with zero attached hydrogens (tertiary/aromatic N) is 1. The Hall–Kier alpha value is -1.71. The van der Waals surface area contributed by atoms with Crippen molar-refractivity contribution in [1.29, 1.82) is 0 Å². The van der Waals surface area contributed by atoms with Gasteiger partial charge in [-0.3, -0.25) is 0 Å². The molecule has 108 valence electrons. The predicted molar refractivity (Wildman–Crippen MR) is 71.3 cm³/mol. The first-order valence-electron chi connectivity index (χ1n) is 5.55. The molecule has 2 aromatic heterocycles. The van der Waals surface area contributed by atoms with Crippen LogP contribution in [-0.2, 0) is 16.6 Å². The molecular formula is C11H12N2O5S2. The molecule has 0 aromatic carbocycles. The van der Waals surface area contributed by atoms with Gasteiger partial charge in [0.15, 0.2) is 0 Å². The predicted octanol–water partition coefficient (Wildman–Crippen LogP) is 1.53. The first kappa shape index (κ1) is 14.7. The van der Waals surface area contributed by atoms with Gasteiger partial charge in [-0.25, -0.2) is 17.9 Å². The maximum Gasteiger partial charge on any atom is 0.345 e. The van der Waals surface area contributed by atoms with Crippen LogP contribution in [0.5, 0.6) is 0 Å². The topological polar surface area (TPSA) is 110 Å². The number of carboxylic acid groups (broad SMARTS) is 1. The van der Waals surface area contributed by atoms with E-state index in [1.807, 2.05) is 0 Å². The van der Waals surface area contributed by atoms with Gasteiger partial charge in [-0.05, 0) is 19.9 Å². The molecular weight excluding hydrogens is 304 g/mol. The molecule has 0 saturated heterocycles. The summed E-state index contributed by atoms with van der Waals surface area (Å²) in [6.45, 7) is 3.25. The number of nitrogens with one attached hydrogen (secondary N) is 1. The first-order chi connectivity index (χ1) is 9.29. The van der Waals surface area contributed by atoms with E-state index in [4.69, 9.17) is 9.63 Å². The number of aryl methyl sites for hydroxylation is 2. The number of sulfonamides is 1. The van der Waals surface area contributed by atoms with Gasteiger partial charge in [-0.2, -0.15) is 0 Å². The van der Waals surface area contributed by atoms with Crippen LogP contribution >= 0.6 is 11.3 Å². The van der Waals surface area contributed by atoms with Crippen molar-refractivity contribution < 1.29 is 22.8 Å². The van der Waals surface area contributed by atoms with Crippen LogP contribution in [0.15, 0.2) is 21.6 Å². The Labute approximate surface area is 119 Å². The Bertz CT molecular complexity index is 745. The summed E-state index contributed by atoms with van der Waals surface area (Å²) in [6, 6.07) is 2.77. The summed E-state index contributed by atoms with van der Waals surface area (Å²) in [5.41, 5.74) is 0.456. The standard InChI is InChI=1S/C11H12N2O5S2/c1-6-3-8(13-18-6)5-12-20(16,17)10-4-9(11(14)15)19-7(10)2/h3-4,12H,5H2,1-2H3,(H,14,15). The van der Waals surface area contributed by atoms with Crippen LogP contribution in [0.25, 0.3) is 0 Å². The summed E-state index contributed by atoms with van der Waals surface area (Å²) >= 11 is 0.922. The summed E-state index contributed by atoms with van der Waals surface area (Å²) in [6.07, 6.45) is 0. The second-order valence-electron chi connectivity index (χ2n) is 4.09. The highest BCUT2D eigenvalue weighted by molar-refractivity contribution is 7.89. The monoisotopic (exact) mass is 316 g/mol. The lowest BCUT2D eigenvalue weighted by Gasteiger charge is -2.03. The second-order valence-corrected chi connectivity index (χ2v) is 7.08. The lowest BCUT2D eigenvalue weighted by Crippen LogP contribution is -2.23. The van der Waals surface area contributed by atoms with Crippen molar-refractivity contribution in [2.45, 2.75) is 25.3 Å². The average molecular weight is 316 g/mol. The van der Waals surface area contributed by atoms with E-state index in [0.717, 1.165) is 17.4 Å². The van der Waals surface area contributed by atoms with Crippen LogP contribution < -0.4 is 4.72 Å². The van der Waals surface area contributed by atoms with Crippen molar-refractivity contribution in [2.75, 3.05) is 0 Å². The van der Waals surface area contributed by atoms with Crippen molar-refractivity contribution in [3.63, 3.8) is 0 Å². The molecule has 0 saturated carbocycles. The zero-order chi connectivity index (χ0) is 14.9. The molecule has 0 fully saturated rings. The van der Waals surface area contributed by atoms with Crippen LogP contribution in [0.2, 0.25) is 0 Å². The fraction of sp³-hybridized carbons (Fsp3) is 0.273. The number of rotatable bonds is 5. The molecule has 0 atom stereocenters. The SMILES string of the molecule is Cc1cc(CNS(=O)(=O)c2cc(C(=O)O)sc2C)no1. The van der Waals surface area contributed by atoms with Crippen molar-refractivity contribution in [2.24, 2.45) is 0 Å². The maximum atomic E-state index is 12.1. The largest absolute Gasteiger partial charge is 0.477 e. The third-order valence-electron chi connectivity index (χ3n) is 2.49. The van der Waals surface area contributed by atoms with E-state index < -0.39 is 16.0 Å². The molecule has 2 rings (SSSR count). The number of hydrogen-bond acceptors (Lipinski definition) is 6. The summed E-state index contributed by atoms with van der Waals surface area (Å²) in [7, 11) is -3.78. The van der Waals surface area contributed by atoms with Crippen molar-refractivity contribution >= 4 is 27.3 Å². The minimum absolute atomic E-state index is 0.0137. The molecule has 2 heterocycles. The second kappa shape index (κ2) is 5.35. The molecule has 2 N–H and O–H groups in total. The molecule has 9 heteroatoms. The third kappa shape index (κ3) is 3.06. The minimum atomic E-state index is -3.78. The van der Waals surface area contributed by atoms with Gasteiger partial charge in [-0.15, -0.1) is 11.3 Å². The Morgan fingerprint density at radius 1 is 1.45 bits per heavy atom. The average Bonchev–Trinajstić information content (AvgIpc) is 2.93. The number of aromatic carboxylic acids is 1. The van der Waals surface area contributed by atoms with Gasteiger partial charge in [0.1, 0.15) is 10.6 Å². The van der Waals surface area contributed by atoms with E-state index in [1.54, 1.807) is 19.9 Å². The number of carbonyl (C=O) groups is 1. The van der Waals surface area contributed by atoms with Crippen LogP contribution in [0.4, 0.5) is 0 Å². The van der Waals surface area contributed by atoms with Gasteiger partial charge in [-0.1, -0.05) is 5.16 Å². The molecule has 20 heavy (non-hydrogen) atoms. The smallest absolute Gasteiger partial charge is 0.345 e. The molecule has 0 unspecified atom stereocenters. The van der Waals surface area contributed by atoms with E-state index >= 15 is 0 Å². The van der Waals surface area contributed by atoms with Gasteiger partial charge >= 0.3 is 5.97 Å². The Morgan fingerprint density at radius 2 is 2.15 bits per heavy atom. The van der Waals surface area contributed by atoms with Crippen molar-refractivity contribution in [3.8, 4) is 0 Å². The molecule has 0 aliphatic carbocycles. The fourth-order valence-corrected chi connectivity index (χ4v) is 4.01. The van der Waals surface area contributed by atoms with Crippen LogP contribution in [0.1, 0.15) is 26.0 Å². The van der Waals surface area contributed by atoms with Gasteiger partial charge in [0.25, 0.3) is 0 Å². The molecule has 0 radical (unpaired) electrons. The van der Waals surface area contributed by atoms with E-state index in [-0.39, 0.29) is 16.3 Å². The van der Waals surface area contributed by atoms with Gasteiger partial charge in [0, 0.05) is 10.9 Å². The zero-order valence-electron chi connectivity index (χ0n) is 10.7. The number of aromatic nitrogens is 1. The molecule has 0 bridgehead atoms. The molecule has 0 spiro atoms. The zero-order valence-corrected chi connectivity index (χ0v) is 12.3. The summed E-state index contributed by atoms with van der Waals surface area (Å²) in [5, 5.41) is 12.5. The Kier molecular flexibility index (Phi) is 3.93. The third-order valence-corrected chi connectivity index (χ3v) is 5.19. The summed E-state index contributed by atoms with van der Waals surface area (Å²) in [5.74, 6) is -0.564. The number of hydrogen-bond donors (Lipinski definition) is 2. The van der Waals surface area contributed by atoms with Crippen LogP contribution in [-0.4, -0.2) is 24.7 Å². The molecule has 0 amide bonds. The van der Waals surface area contributed by atoms with E-state index in [1.165, 1.54) is 0 Å². The van der Waals surface area contributed by atoms with Gasteiger partial charge in [0.05, 0.1) is 17.1 Å². The minimum Gasteiger partial charge on any atom is -0.477 e. The maximum absolute atomic E-state index is 12.1. The highest BCUT2D eigenvalue weighted by Crippen LogP contribution is 2.25. The van der Waals surface area contributed by atoms with E-state index in [0.29, 0.717) is 16.3 Å². The fourth-order valence-electron chi connectivity index (χ4n) is 1.59. The molecule has 0 aliphatic rings. The van der Waals surface area contributed by atoms with E-state index in [2.05, 4.69) is 9.88 Å². The highest BCUT2D eigenvalue weighted by Gasteiger charge is 2.22. The van der Waals surface area contributed by atoms with Gasteiger partial charge < -0.3 is 9.63 Å². The number of carboxylic acids is 1. The molecule has 0 aliphatic heterocycles. The Balaban J connectivity index is 2.20. The lowest BCUT2D eigenvalue weighted by molar-refractivity contribution is 0.0702. The lowest BCUT2D eigenvalue weighted by atomic mass is 10.4. The molecule has 2 aromatic rings. The van der Waals surface area contributed by atoms with Crippen LogP contribution in [0, 0.1) is 13.8 Å². The number of thiophene rings is 1. The van der Waals surface area contributed by atoms with E-state index in [9.17, 15) is 13.2 Å². The van der Waals surface area contributed by atoms with Crippen LogP contribution in [0.3, 0.4) is 0 Å². The van der Waals surface area contributed by atoms with Gasteiger partial charge in [0.2, 0.25) is 10.0 Å². The Morgan fingerprint density at radius 3 is 2.65 bits per heavy atom.